The van der Waals surface area contributed by atoms with Crippen molar-refractivity contribution >= 4 is 60.9 Å². The zero-order chi connectivity index (χ0) is 12.4. The molecule has 0 aliphatic carbocycles. The minimum Gasteiger partial charge on any atom is -0.480 e. The standard InChI is InChI=1S/C6H3Br2N5O2S2/c7-3-4(8)16-6(9-3)17-5-10-12-13(11-5)1-2(14)15/h1H2,(H,14,15). The number of tetrazole rings is 1. The Balaban J connectivity index is 2.08. The SMILES string of the molecule is O=C(O)Cn1nnc(Sc2nc(Br)c(Br)s2)n1. The van der Waals surface area contributed by atoms with Crippen molar-refractivity contribution in [2.75, 3.05) is 0 Å². The van der Waals surface area contributed by atoms with Crippen LogP contribution in [0, 0.1) is 0 Å². The average Bonchev–Trinajstić information content (AvgIpc) is 2.75. The van der Waals surface area contributed by atoms with E-state index in [-0.39, 0.29) is 6.54 Å². The topological polar surface area (TPSA) is 93.8 Å². The molecule has 0 saturated carbocycles. The Kier molecular flexibility index (Phi) is 4.12. The van der Waals surface area contributed by atoms with E-state index < -0.39 is 5.97 Å². The van der Waals surface area contributed by atoms with Crippen molar-refractivity contribution in [3.8, 4) is 0 Å². The van der Waals surface area contributed by atoms with Crippen LogP contribution in [0.25, 0.3) is 0 Å². The lowest BCUT2D eigenvalue weighted by molar-refractivity contribution is -0.138. The van der Waals surface area contributed by atoms with Crippen molar-refractivity contribution in [1.29, 1.82) is 0 Å². The normalized spacial score (nSPS) is 10.7. The molecule has 0 aromatic carbocycles. The van der Waals surface area contributed by atoms with Gasteiger partial charge in [0.15, 0.2) is 10.9 Å². The first-order valence-electron chi connectivity index (χ1n) is 4.04. The first kappa shape index (κ1) is 12.9. The van der Waals surface area contributed by atoms with Gasteiger partial charge in [-0.15, -0.1) is 10.2 Å². The summed E-state index contributed by atoms with van der Waals surface area (Å²) in [5, 5.41) is 20.1. The van der Waals surface area contributed by atoms with Crippen LogP contribution in [0.1, 0.15) is 0 Å². The lowest BCUT2D eigenvalue weighted by Gasteiger charge is -1.89. The van der Waals surface area contributed by atoms with E-state index in [4.69, 9.17) is 5.11 Å². The summed E-state index contributed by atoms with van der Waals surface area (Å²) in [4.78, 5) is 15.6. The molecule has 0 bridgehead atoms. The van der Waals surface area contributed by atoms with E-state index in [1.165, 1.54) is 23.1 Å². The molecular formula is C6H3Br2N5O2S2. The first-order valence-corrected chi connectivity index (χ1v) is 7.26. The molecule has 0 fully saturated rings. The second-order valence-electron chi connectivity index (χ2n) is 2.64. The van der Waals surface area contributed by atoms with Gasteiger partial charge < -0.3 is 5.11 Å². The molecule has 0 aliphatic rings. The van der Waals surface area contributed by atoms with E-state index in [0.29, 0.717) is 9.76 Å². The summed E-state index contributed by atoms with van der Waals surface area (Å²) in [6, 6.07) is 0. The number of halogens is 2. The Hall–Kier alpha value is -0.520. The van der Waals surface area contributed by atoms with E-state index in [0.717, 1.165) is 12.9 Å². The van der Waals surface area contributed by atoms with Gasteiger partial charge in [-0.05, 0) is 48.8 Å². The fourth-order valence-electron chi connectivity index (χ4n) is 0.845. The van der Waals surface area contributed by atoms with Gasteiger partial charge in [0.1, 0.15) is 8.39 Å². The Morgan fingerprint density at radius 2 is 2.29 bits per heavy atom. The average molecular weight is 401 g/mol. The van der Waals surface area contributed by atoms with Crippen molar-refractivity contribution in [2.24, 2.45) is 0 Å². The maximum absolute atomic E-state index is 10.4. The van der Waals surface area contributed by atoms with Gasteiger partial charge in [-0.2, -0.15) is 4.80 Å². The Morgan fingerprint density at radius 1 is 1.53 bits per heavy atom. The Bertz CT molecular complexity index is 537. The minimum absolute atomic E-state index is 0.307. The van der Waals surface area contributed by atoms with Crippen molar-refractivity contribution in [2.45, 2.75) is 16.0 Å². The number of carboxylic acid groups (broad SMARTS) is 1. The number of rotatable bonds is 4. The van der Waals surface area contributed by atoms with Crippen molar-refractivity contribution in [3.63, 3.8) is 0 Å². The molecule has 2 aromatic rings. The summed E-state index contributed by atoms with van der Waals surface area (Å²) in [5.74, 6) is -1.02. The quantitative estimate of drug-likeness (QED) is 0.837. The maximum atomic E-state index is 10.4. The first-order chi connectivity index (χ1) is 8.04. The number of hydrogen-bond acceptors (Lipinski definition) is 7. The van der Waals surface area contributed by atoms with Crippen LogP contribution < -0.4 is 0 Å². The molecule has 2 rings (SSSR count). The molecule has 0 atom stereocenters. The summed E-state index contributed by atoms with van der Waals surface area (Å²) in [7, 11) is 0. The van der Waals surface area contributed by atoms with Crippen molar-refractivity contribution in [3.05, 3.63) is 8.39 Å². The smallest absolute Gasteiger partial charge is 0.327 e. The Morgan fingerprint density at radius 3 is 2.88 bits per heavy atom. The molecule has 0 amide bonds. The van der Waals surface area contributed by atoms with Gasteiger partial charge in [0.05, 0.1) is 0 Å². The molecule has 90 valence electrons. The second-order valence-corrected chi connectivity index (χ2v) is 6.93. The third-order valence-corrected chi connectivity index (χ3v) is 5.40. The summed E-state index contributed by atoms with van der Waals surface area (Å²) in [6.07, 6.45) is 0. The van der Waals surface area contributed by atoms with Crippen LogP contribution in [0.15, 0.2) is 17.9 Å². The van der Waals surface area contributed by atoms with Crippen LogP contribution in [0.2, 0.25) is 0 Å². The number of carbonyl (C=O) groups is 1. The van der Waals surface area contributed by atoms with Gasteiger partial charge >= 0.3 is 5.97 Å². The predicted octanol–water partition coefficient (Wildman–Crippen LogP) is 1.89. The second kappa shape index (κ2) is 5.42. The fraction of sp³-hybridized carbons (Fsp3) is 0.167. The number of thiazole rings is 1. The van der Waals surface area contributed by atoms with Gasteiger partial charge in [-0.25, -0.2) is 4.98 Å². The third-order valence-electron chi connectivity index (χ3n) is 1.42. The summed E-state index contributed by atoms with van der Waals surface area (Å²) < 4.78 is 2.32. The number of carboxylic acids is 1. The van der Waals surface area contributed by atoms with E-state index in [1.807, 2.05) is 0 Å². The molecule has 0 saturated heterocycles. The molecule has 17 heavy (non-hydrogen) atoms. The molecule has 1 N–H and O–H groups in total. The van der Waals surface area contributed by atoms with Crippen LogP contribution in [-0.2, 0) is 11.3 Å². The fourth-order valence-corrected chi connectivity index (χ4v) is 3.94. The van der Waals surface area contributed by atoms with E-state index in [2.05, 4.69) is 52.3 Å². The zero-order valence-corrected chi connectivity index (χ0v) is 12.7. The van der Waals surface area contributed by atoms with Gasteiger partial charge in [-0.1, -0.05) is 11.3 Å². The highest BCUT2D eigenvalue weighted by Gasteiger charge is 2.12. The number of aliphatic carboxylic acids is 1. The van der Waals surface area contributed by atoms with Crippen LogP contribution in [0.3, 0.4) is 0 Å². The van der Waals surface area contributed by atoms with E-state index in [1.54, 1.807) is 0 Å². The van der Waals surface area contributed by atoms with Gasteiger partial charge in [0, 0.05) is 0 Å². The highest BCUT2D eigenvalue weighted by Crippen LogP contribution is 2.36. The molecular weight excluding hydrogens is 398 g/mol. The van der Waals surface area contributed by atoms with Crippen molar-refractivity contribution in [1.82, 2.24) is 25.2 Å². The molecule has 7 nitrogen and oxygen atoms in total. The number of hydrogen-bond donors (Lipinski definition) is 1. The maximum Gasteiger partial charge on any atom is 0.327 e. The largest absolute Gasteiger partial charge is 0.480 e. The lowest BCUT2D eigenvalue weighted by atomic mass is 10.7. The molecule has 11 heteroatoms. The lowest BCUT2D eigenvalue weighted by Crippen LogP contribution is -2.11. The predicted molar refractivity (Wildman–Crippen MR) is 67.1 cm³/mol. The zero-order valence-electron chi connectivity index (χ0n) is 7.87. The molecule has 2 heterocycles. The molecule has 0 radical (unpaired) electrons. The molecule has 2 aromatic heterocycles. The van der Waals surface area contributed by atoms with Crippen LogP contribution >= 0.6 is 55.0 Å². The summed E-state index contributed by atoms with van der Waals surface area (Å²) in [5.41, 5.74) is 0. The Labute approximate surface area is 120 Å². The third kappa shape index (κ3) is 3.47. The highest BCUT2D eigenvalue weighted by atomic mass is 79.9. The number of aromatic nitrogens is 5. The van der Waals surface area contributed by atoms with Crippen molar-refractivity contribution < 1.29 is 9.90 Å². The van der Waals surface area contributed by atoms with Gasteiger partial charge in [-0.3, -0.25) is 4.79 Å². The van der Waals surface area contributed by atoms with Gasteiger partial charge in [0.25, 0.3) is 0 Å². The van der Waals surface area contributed by atoms with E-state index >= 15 is 0 Å². The van der Waals surface area contributed by atoms with Crippen LogP contribution in [0.4, 0.5) is 0 Å². The number of nitrogens with zero attached hydrogens (tertiary/aromatic N) is 5. The molecule has 0 unspecified atom stereocenters. The summed E-state index contributed by atoms with van der Waals surface area (Å²) in [6.45, 7) is -0.307. The molecule has 0 aliphatic heterocycles. The monoisotopic (exact) mass is 399 g/mol. The van der Waals surface area contributed by atoms with Crippen LogP contribution in [0.5, 0.6) is 0 Å². The van der Waals surface area contributed by atoms with Gasteiger partial charge in [0.2, 0.25) is 5.16 Å². The minimum atomic E-state index is -1.02. The highest BCUT2D eigenvalue weighted by molar-refractivity contribution is 9.13. The molecule has 0 spiro atoms. The van der Waals surface area contributed by atoms with Crippen LogP contribution in [-0.4, -0.2) is 36.3 Å². The van der Waals surface area contributed by atoms with E-state index in [9.17, 15) is 4.79 Å². The summed E-state index contributed by atoms with van der Waals surface area (Å²) >= 11 is 9.23.